The zero-order chi connectivity index (χ0) is 11.3. The molecule has 0 aliphatic heterocycles. The minimum absolute atomic E-state index is 0.0137. The van der Waals surface area contributed by atoms with Gasteiger partial charge in [-0.25, -0.2) is 0 Å². The van der Waals surface area contributed by atoms with Crippen LogP contribution in [0, 0.1) is 5.92 Å². The van der Waals surface area contributed by atoms with E-state index < -0.39 is 0 Å². The highest BCUT2D eigenvalue weighted by atomic mass is 32.1. The number of hydrogen-bond donors (Lipinski definition) is 1. The molecule has 1 heterocycles. The summed E-state index contributed by atoms with van der Waals surface area (Å²) >= 11 is 1.67. The minimum Gasteiger partial charge on any atom is -0.395 e. The van der Waals surface area contributed by atoms with Gasteiger partial charge in [0.25, 0.3) is 0 Å². The third kappa shape index (κ3) is 3.64. The van der Waals surface area contributed by atoms with Crippen molar-refractivity contribution >= 4 is 17.2 Å². The number of thiophene rings is 1. The van der Waals surface area contributed by atoms with Crippen LogP contribution in [-0.2, 0) is 11.2 Å². The molecule has 84 valence electrons. The highest BCUT2D eigenvalue weighted by Gasteiger charge is 2.17. The first-order valence-corrected chi connectivity index (χ1v) is 5.91. The summed E-state index contributed by atoms with van der Waals surface area (Å²) in [5, 5.41) is 10.8. The average Bonchev–Trinajstić information content (AvgIpc) is 2.69. The van der Waals surface area contributed by atoms with Crippen molar-refractivity contribution in [3.8, 4) is 0 Å². The Bertz CT molecular complexity index is 298. The monoisotopic (exact) mass is 227 g/mol. The van der Waals surface area contributed by atoms with Gasteiger partial charge in [-0.1, -0.05) is 13.0 Å². The Labute approximate surface area is 94.3 Å². The number of aliphatic hydroxyl groups is 1. The van der Waals surface area contributed by atoms with E-state index in [-0.39, 0.29) is 18.4 Å². The maximum absolute atomic E-state index is 11.8. The fourth-order valence-electron chi connectivity index (χ4n) is 1.45. The Morgan fingerprint density at radius 3 is 2.93 bits per heavy atom. The van der Waals surface area contributed by atoms with Gasteiger partial charge >= 0.3 is 0 Å². The van der Waals surface area contributed by atoms with Crippen LogP contribution in [-0.4, -0.2) is 36.1 Å². The minimum atomic E-state index is -0.0137. The molecule has 1 amide bonds. The van der Waals surface area contributed by atoms with E-state index in [0.29, 0.717) is 6.54 Å². The van der Waals surface area contributed by atoms with E-state index in [1.54, 1.807) is 23.3 Å². The van der Waals surface area contributed by atoms with E-state index in [2.05, 4.69) is 0 Å². The second kappa shape index (κ2) is 5.88. The van der Waals surface area contributed by atoms with Crippen LogP contribution >= 0.6 is 11.3 Å². The lowest BCUT2D eigenvalue weighted by Gasteiger charge is -2.19. The maximum Gasteiger partial charge on any atom is 0.225 e. The molecular formula is C11H17NO2S. The molecular weight excluding hydrogens is 210 g/mol. The highest BCUT2D eigenvalue weighted by Crippen LogP contribution is 2.15. The molecule has 1 N–H and O–H groups in total. The lowest BCUT2D eigenvalue weighted by atomic mass is 10.1. The van der Waals surface area contributed by atoms with Gasteiger partial charge < -0.3 is 10.0 Å². The highest BCUT2D eigenvalue weighted by molar-refractivity contribution is 7.09. The Morgan fingerprint density at radius 1 is 1.67 bits per heavy atom. The van der Waals surface area contributed by atoms with Crippen LogP contribution in [0.15, 0.2) is 17.5 Å². The van der Waals surface area contributed by atoms with Crippen LogP contribution in [0.2, 0.25) is 0 Å². The Hall–Kier alpha value is -0.870. The van der Waals surface area contributed by atoms with Crippen molar-refractivity contribution in [2.24, 2.45) is 5.92 Å². The summed E-state index contributed by atoms with van der Waals surface area (Å²) in [6.07, 6.45) is 0.784. The zero-order valence-electron chi connectivity index (χ0n) is 9.14. The number of likely N-dealkylation sites (N-methyl/N-ethyl adjacent to an activating group) is 1. The predicted molar refractivity (Wildman–Crippen MR) is 61.9 cm³/mol. The molecule has 1 rings (SSSR count). The number of nitrogens with zero attached hydrogens (tertiary/aromatic N) is 1. The largest absolute Gasteiger partial charge is 0.395 e. The zero-order valence-corrected chi connectivity index (χ0v) is 9.96. The third-order valence-electron chi connectivity index (χ3n) is 2.32. The summed E-state index contributed by atoms with van der Waals surface area (Å²) in [6, 6.07) is 4.04. The van der Waals surface area contributed by atoms with Crippen LogP contribution in [0.3, 0.4) is 0 Å². The molecule has 3 nitrogen and oxygen atoms in total. The van der Waals surface area contributed by atoms with Gasteiger partial charge in [0.05, 0.1) is 6.61 Å². The standard InChI is InChI=1S/C11H17NO2S/c1-9(8-10-4-3-7-15-10)11(14)12(2)5-6-13/h3-4,7,9,13H,5-6,8H2,1-2H3. The molecule has 1 atom stereocenters. The molecule has 0 radical (unpaired) electrons. The fraction of sp³-hybridized carbons (Fsp3) is 0.545. The van der Waals surface area contributed by atoms with Crippen LogP contribution in [0.1, 0.15) is 11.8 Å². The van der Waals surface area contributed by atoms with Crippen molar-refractivity contribution in [2.75, 3.05) is 20.2 Å². The first-order chi connectivity index (χ1) is 7.15. The first-order valence-electron chi connectivity index (χ1n) is 5.03. The molecule has 0 aliphatic carbocycles. The second-order valence-corrected chi connectivity index (χ2v) is 4.70. The Kier molecular flexibility index (Phi) is 4.78. The van der Waals surface area contributed by atoms with E-state index in [0.717, 1.165) is 6.42 Å². The van der Waals surface area contributed by atoms with Gasteiger partial charge in [0.15, 0.2) is 0 Å². The third-order valence-corrected chi connectivity index (χ3v) is 3.22. The molecule has 0 bridgehead atoms. The number of carbonyl (C=O) groups is 1. The maximum atomic E-state index is 11.8. The van der Waals surface area contributed by atoms with Crippen molar-refractivity contribution < 1.29 is 9.90 Å². The van der Waals surface area contributed by atoms with E-state index >= 15 is 0 Å². The van der Waals surface area contributed by atoms with Gasteiger partial charge in [-0.15, -0.1) is 11.3 Å². The van der Waals surface area contributed by atoms with Crippen LogP contribution < -0.4 is 0 Å². The summed E-state index contributed by atoms with van der Waals surface area (Å²) in [7, 11) is 1.73. The summed E-state index contributed by atoms with van der Waals surface area (Å²) < 4.78 is 0. The lowest BCUT2D eigenvalue weighted by Crippen LogP contribution is -2.34. The molecule has 0 aliphatic rings. The van der Waals surface area contributed by atoms with E-state index in [9.17, 15) is 4.79 Å². The molecule has 0 aromatic carbocycles. The smallest absolute Gasteiger partial charge is 0.225 e. The lowest BCUT2D eigenvalue weighted by molar-refractivity contribution is -0.134. The van der Waals surface area contributed by atoms with Crippen LogP contribution in [0.4, 0.5) is 0 Å². The topological polar surface area (TPSA) is 40.5 Å². The van der Waals surface area contributed by atoms with E-state index in [4.69, 9.17) is 5.11 Å². The van der Waals surface area contributed by atoms with Gasteiger partial charge in [0.2, 0.25) is 5.91 Å². The number of aliphatic hydroxyl groups excluding tert-OH is 1. The normalized spacial score (nSPS) is 12.5. The second-order valence-electron chi connectivity index (χ2n) is 3.67. The number of carbonyl (C=O) groups excluding carboxylic acids is 1. The van der Waals surface area contributed by atoms with Crippen molar-refractivity contribution in [3.05, 3.63) is 22.4 Å². The molecule has 1 unspecified atom stereocenters. The molecule has 0 saturated carbocycles. The van der Waals surface area contributed by atoms with E-state index in [1.165, 1.54) is 4.88 Å². The van der Waals surface area contributed by atoms with E-state index in [1.807, 2.05) is 24.4 Å². The van der Waals surface area contributed by atoms with Crippen LogP contribution in [0.5, 0.6) is 0 Å². The first kappa shape index (κ1) is 12.2. The molecule has 0 saturated heterocycles. The van der Waals surface area contributed by atoms with Gasteiger partial charge in [-0.05, 0) is 17.9 Å². The Balaban J connectivity index is 2.46. The summed E-state index contributed by atoms with van der Waals surface area (Å²) in [4.78, 5) is 14.6. The van der Waals surface area contributed by atoms with Crippen molar-refractivity contribution in [3.63, 3.8) is 0 Å². The van der Waals surface area contributed by atoms with Crippen molar-refractivity contribution in [1.82, 2.24) is 4.90 Å². The predicted octanol–water partition coefficient (Wildman–Crippen LogP) is 1.38. The average molecular weight is 227 g/mol. The van der Waals surface area contributed by atoms with Crippen molar-refractivity contribution in [1.29, 1.82) is 0 Å². The van der Waals surface area contributed by atoms with Gasteiger partial charge in [0.1, 0.15) is 0 Å². The summed E-state index contributed by atoms with van der Waals surface area (Å²) in [5.74, 6) is 0.0812. The number of rotatable bonds is 5. The summed E-state index contributed by atoms with van der Waals surface area (Å²) in [5.41, 5.74) is 0. The van der Waals surface area contributed by atoms with Crippen LogP contribution in [0.25, 0.3) is 0 Å². The molecule has 4 heteroatoms. The molecule has 1 aromatic heterocycles. The molecule has 0 spiro atoms. The molecule has 0 fully saturated rings. The van der Waals surface area contributed by atoms with Gasteiger partial charge in [-0.2, -0.15) is 0 Å². The Morgan fingerprint density at radius 2 is 2.40 bits per heavy atom. The quantitative estimate of drug-likeness (QED) is 0.825. The summed E-state index contributed by atoms with van der Waals surface area (Å²) in [6.45, 7) is 2.36. The van der Waals surface area contributed by atoms with Gasteiger partial charge in [-0.3, -0.25) is 4.79 Å². The number of amides is 1. The fourth-order valence-corrected chi connectivity index (χ4v) is 2.29. The molecule has 1 aromatic rings. The van der Waals surface area contributed by atoms with Crippen molar-refractivity contribution in [2.45, 2.75) is 13.3 Å². The number of hydrogen-bond acceptors (Lipinski definition) is 3. The SMILES string of the molecule is CC(Cc1cccs1)C(=O)N(C)CCO. The molecule has 15 heavy (non-hydrogen) atoms. The van der Waals surface area contributed by atoms with Gasteiger partial charge in [0, 0.05) is 24.4 Å².